The van der Waals surface area contributed by atoms with Crippen molar-refractivity contribution in [3.8, 4) is 0 Å². The molecule has 1 aromatic carbocycles. The lowest BCUT2D eigenvalue weighted by Gasteiger charge is -2.38. The van der Waals surface area contributed by atoms with E-state index in [-0.39, 0.29) is 29.8 Å². The first-order chi connectivity index (χ1) is 10.6. The van der Waals surface area contributed by atoms with Crippen LogP contribution in [-0.4, -0.2) is 28.9 Å². The summed E-state index contributed by atoms with van der Waals surface area (Å²) in [6.07, 6.45) is 1.10. The van der Waals surface area contributed by atoms with Crippen LogP contribution < -0.4 is 4.90 Å². The van der Waals surface area contributed by atoms with Gasteiger partial charge in [-0.25, -0.2) is 0 Å². The molecule has 2 aliphatic heterocycles. The van der Waals surface area contributed by atoms with Gasteiger partial charge < -0.3 is 9.84 Å². The van der Waals surface area contributed by atoms with Gasteiger partial charge in [-0.05, 0) is 48.9 Å². The van der Waals surface area contributed by atoms with Crippen LogP contribution in [0.2, 0.25) is 5.02 Å². The predicted octanol–water partition coefficient (Wildman–Crippen LogP) is 2.43. The fraction of sp³-hybridized carbons (Fsp3) is 0.588. The number of hydrogen-bond donors (Lipinski definition) is 1. The lowest BCUT2D eigenvalue weighted by atomic mass is 9.76. The molecule has 2 saturated heterocycles. The molecule has 0 unspecified atom stereocenters. The second kappa shape index (κ2) is 4.05. The van der Waals surface area contributed by atoms with Crippen LogP contribution in [0.1, 0.15) is 19.8 Å². The fourth-order valence-corrected chi connectivity index (χ4v) is 5.83. The third kappa shape index (κ3) is 1.28. The Hall–Kier alpha value is -1.10. The van der Waals surface area contributed by atoms with Gasteiger partial charge in [0.25, 0.3) is 0 Å². The number of nitrogens with zero attached hydrogens (tertiary/aromatic N) is 1. The lowest BCUT2D eigenvalue weighted by molar-refractivity contribution is -0.133. The number of hydrogen-bond acceptors (Lipinski definition) is 3. The molecule has 4 nitrogen and oxygen atoms in total. The summed E-state index contributed by atoms with van der Waals surface area (Å²) >= 11 is 5.98. The van der Waals surface area contributed by atoms with E-state index in [0.717, 1.165) is 18.5 Å². The topological polar surface area (TPSA) is 49.8 Å². The number of ether oxygens (including phenoxy) is 1. The molecule has 5 rings (SSSR count). The second-order valence-corrected chi connectivity index (χ2v) is 7.47. The standard InChI is InChI=1S/C17H18ClNO3/c1-2-17-13-11-7-10(14(20)15(11)22-17)12(13)16(21)19(17)9-5-3-8(18)4-6-9/h3-6,10-15,20H,2,7H2,1H3/t10-,11-,12+,13-,14+,15-,17-/m0/s1. The van der Waals surface area contributed by atoms with Crippen molar-refractivity contribution in [3.05, 3.63) is 29.3 Å². The van der Waals surface area contributed by atoms with Crippen LogP contribution in [0.25, 0.3) is 0 Å². The number of fused-ring (bicyclic) bond motifs is 2. The normalized spacial score (nSPS) is 47.8. The van der Waals surface area contributed by atoms with E-state index in [0.29, 0.717) is 10.9 Å². The summed E-state index contributed by atoms with van der Waals surface area (Å²) in [5, 5.41) is 11.1. The highest BCUT2D eigenvalue weighted by atomic mass is 35.5. The van der Waals surface area contributed by atoms with E-state index in [9.17, 15) is 9.90 Å². The maximum Gasteiger partial charge on any atom is 0.233 e. The molecule has 1 aromatic rings. The SMILES string of the molecule is CC[C@]12O[C@@H]3[C@H](O)[C@H]4C[C@H]3[C@H]1[C@@H]4C(=O)N2c1ccc(Cl)cc1. The molecule has 0 radical (unpaired) electrons. The maximum atomic E-state index is 13.1. The van der Waals surface area contributed by atoms with E-state index in [1.165, 1.54) is 0 Å². The number of aliphatic hydroxyl groups excluding tert-OH is 1. The van der Waals surface area contributed by atoms with Crippen molar-refractivity contribution in [1.29, 1.82) is 0 Å². The molecular formula is C17H18ClNO3. The van der Waals surface area contributed by atoms with Crippen molar-refractivity contribution in [2.45, 2.75) is 37.7 Å². The lowest BCUT2D eigenvalue weighted by Crippen LogP contribution is -2.50. The summed E-state index contributed by atoms with van der Waals surface area (Å²) in [6.45, 7) is 2.07. The van der Waals surface area contributed by atoms with Crippen molar-refractivity contribution in [3.63, 3.8) is 0 Å². The van der Waals surface area contributed by atoms with Gasteiger partial charge in [0.05, 0.1) is 18.1 Å². The smallest absolute Gasteiger partial charge is 0.233 e. The Morgan fingerprint density at radius 2 is 2.09 bits per heavy atom. The maximum absolute atomic E-state index is 13.1. The van der Waals surface area contributed by atoms with Gasteiger partial charge in [-0.1, -0.05) is 18.5 Å². The molecule has 116 valence electrons. The molecule has 0 spiro atoms. The number of amides is 1. The molecular weight excluding hydrogens is 302 g/mol. The number of carbonyl (C=O) groups is 1. The molecule has 4 aliphatic rings. The summed E-state index contributed by atoms with van der Waals surface area (Å²) in [4.78, 5) is 15.0. The van der Waals surface area contributed by atoms with E-state index in [1.54, 1.807) is 0 Å². The van der Waals surface area contributed by atoms with Crippen LogP contribution in [0.15, 0.2) is 24.3 Å². The van der Waals surface area contributed by atoms with Crippen LogP contribution in [0.4, 0.5) is 5.69 Å². The minimum atomic E-state index is -0.586. The van der Waals surface area contributed by atoms with Gasteiger partial charge in [-0.2, -0.15) is 0 Å². The van der Waals surface area contributed by atoms with E-state index >= 15 is 0 Å². The summed E-state index contributed by atoms with van der Waals surface area (Å²) in [6, 6.07) is 7.39. The summed E-state index contributed by atoms with van der Waals surface area (Å²) in [5.74, 6) is 0.636. The molecule has 5 heteroatoms. The number of anilines is 1. The van der Waals surface area contributed by atoms with Crippen LogP contribution in [-0.2, 0) is 9.53 Å². The molecule has 1 N–H and O–H groups in total. The van der Waals surface area contributed by atoms with Gasteiger partial charge in [0.15, 0.2) is 5.72 Å². The Labute approximate surface area is 134 Å². The Kier molecular flexibility index (Phi) is 2.46. The highest BCUT2D eigenvalue weighted by Crippen LogP contribution is 2.68. The first kappa shape index (κ1) is 13.3. The van der Waals surface area contributed by atoms with Gasteiger partial charge in [0.1, 0.15) is 0 Å². The van der Waals surface area contributed by atoms with Crippen molar-refractivity contribution < 1.29 is 14.6 Å². The molecule has 1 amide bonds. The van der Waals surface area contributed by atoms with Crippen LogP contribution in [0, 0.1) is 23.7 Å². The molecule has 2 saturated carbocycles. The zero-order chi connectivity index (χ0) is 15.2. The van der Waals surface area contributed by atoms with Gasteiger partial charge in [-0.3, -0.25) is 9.69 Å². The molecule has 4 fully saturated rings. The van der Waals surface area contributed by atoms with E-state index in [4.69, 9.17) is 16.3 Å². The Bertz CT molecular complexity index is 662. The Morgan fingerprint density at radius 1 is 1.36 bits per heavy atom. The summed E-state index contributed by atoms with van der Waals surface area (Å²) < 4.78 is 6.37. The third-order valence-corrected chi connectivity index (χ3v) is 6.64. The molecule has 7 atom stereocenters. The molecule has 2 bridgehead atoms. The van der Waals surface area contributed by atoms with Crippen molar-refractivity contribution in [2.75, 3.05) is 4.90 Å². The van der Waals surface area contributed by atoms with Crippen molar-refractivity contribution in [2.24, 2.45) is 23.7 Å². The van der Waals surface area contributed by atoms with Crippen LogP contribution >= 0.6 is 11.6 Å². The van der Waals surface area contributed by atoms with E-state index in [1.807, 2.05) is 29.2 Å². The highest BCUT2D eigenvalue weighted by molar-refractivity contribution is 6.30. The Morgan fingerprint density at radius 3 is 2.77 bits per heavy atom. The third-order valence-electron chi connectivity index (χ3n) is 6.39. The summed E-state index contributed by atoms with van der Waals surface area (Å²) in [5.41, 5.74) is 0.261. The van der Waals surface area contributed by atoms with E-state index < -0.39 is 11.8 Å². The molecule has 2 aliphatic carbocycles. The minimum Gasteiger partial charge on any atom is -0.390 e. The number of carbonyl (C=O) groups excluding carboxylic acids is 1. The number of aliphatic hydroxyl groups is 1. The fourth-order valence-electron chi connectivity index (χ4n) is 5.70. The first-order valence-corrected chi connectivity index (χ1v) is 8.42. The van der Waals surface area contributed by atoms with Gasteiger partial charge >= 0.3 is 0 Å². The van der Waals surface area contributed by atoms with Gasteiger partial charge in [-0.15, -0.1) is 0 Å². The van der Waals surface area contributed by atoms with E-state index in [2.05, 4.69) is 6.92 Å². The van der Waals surface area contributed by atoms with Crippen molar-refractivity contribution in [1.82, 2.24) is 0 Å². The summed E-state index contributed by atoms with van der Waals surface area (Å²) in [7, 11) is 0. The van der Waals surface area contributed by atoms with Gasteiger partial charge in [0.2, 0.25) is 5.91 Å². The van der Waals surface area contributed by atoms with Gasteiger partial charge in [0, 0.05) is 16.6 Å². The number of benzene rings is 1. The Balaban J connectivity index is 1.66. The number of halogens is 1. The predicted molar refractivity (Wildman–Crippen MR) is 81.4 cm³/mol. The molecule has 2 heterocycles. The highest BCUT2D eigenvalue weighted by Gasteiger charge is 2.77. The number of rotatable bonds is 2. The van der Waals surface area contributed by atoms with Crippen LogP contribution in [0.5, 0.6) is 0 Å². The monoisotopic (exact) mass is 319 g/mol. The zero-order valence-corrected chi connectivity index (χ0v) is 13.0. The van der Waals surface area contributed by atoms with Crippen LogP contribution in [0.3, 0.4) is 0 Å². The zero-order valence-electron chi connectivity index (χ0n) is 12.3. The minimum absolute atomic E-state index is 0.0678. The average Bonchev–Trinajstić information content (AvgIpc) is 3.17. The van der Waals surface area contributed by atoms with Crippen molar-refractivity contribution >= 4 is 23.2 Å². The average molecular weight is 320 g/mol. The second-order valence-electron chi connectivity index (χ2n) is 7.04. The quantitative estimate of drug-likeness (QED) is 0.911. The first-order valence-electron chi connectivity index (χ1n) is 8.04. The molecule has 22 heavy (non-hydrogen) atoms. The largest absolute Gasteiger partial charge is 0.390 e. The molecule has 0 aromatic heterocycles.